The summed E-state index contributed by atoms with van der Waals surface area (Å²) in [5, 5.41) is 0. The van der Waals surface area contributed by atoms with Crippen LogP contribution in [0.5, 0.6) is 0 Å². The van der Waals surface area contributed by atoms with E-state index < -0.39 is 0 Å². The number of fused-ring (bicyclic) bond motifs is 2. The van der Waals surface area contributed by atoms with Crippen LogP contribution in [0.4, 0.5) is 5.95 Å². The molecule has 3 heterocycles. The number of ketones is 1. The Bertz CT molecular complexity index is 679. The third-order valence-corrected chi connectivity index (χ3v) is 7.51. The van der Waals surface area contributed by atoms with Crippen LogP contribution in [0, 0.1) is 17.8 Å². The highest BCUT2D eigenvalue weighted by molar-refractivity contribution is 5.82. The van der Waals surface area contributed by atoms with Crippen LogP contribution in [0.25, 0.3) is 0 Å². The Morgan fingerprint density at radius 3 is 2.07 bits per heavy atom. The zero-order chi connectivity index (χ0) is 20.5. The lowest BCUT2D eigenvalue weighted by molar-refractivity contribution is -0.127. The topological polar surface area (TPSA) is 49.3 Å². The molecule has 0 spiro atoms. The summed E-state index contributed by atoms with van der Waals surface area (Å²) in [5.41, 5.74) is 1.25. The molecule has 1 aliphatic carbocycles. The molecule has 5 heteroatoms. The first-order valence-electron chi connectivity index (χ1n) is 11.8. The Hall–Kier alpha value is -1.49. The third-order valence-electron chi connectivity index (χ3n) is 7.51. The highest BCUT2D eigenvalue weighted by atomic mass is 16.1. The minimum atomic E-state index is 0.176. The van der Waals surface area contributed by atoms with E-state index >= 15 is 0 Å². The number of piperazine rings is 1. The summed E-state index contributed by atoms with van der Waals surface area (Å²) in [6, 6.07) is 1.75. The standard InChI is InChI=1S/C24H38N4O/c1-16(2)23(29)20-7-5-18(6-8-20)11-19-12-25-24(26-13-19)28-21-9-10-22(28)15-27(14-21)17(3)4/h12-13,16-18,20-22H,5-11,14-15H2,1-4H3/t18-,20-,21?,22?. The highest BCUT2D eigenvalue weighted by Crippen LogP contribution is 2.35. The molecule has 160 valence electrons. The molecule has 1 aromatic rings. The van der Waals surface area contributed by atoms with Crippen LogP contribution in [-0.4, -0.2) is 51.9 Å². The number of hydrogen-bond donors (Lipinski definition) is 0. The third kappa shape index (κ3) is 4.50. The minimum absolute atomic E-state index is 0.176. The fourth-order valence-corrected chi connectivity index (χ4v) is 5.73. The van der Waals surface area contributed by atoms with Gasteiger partial charge in [0, 0.05) is 55.4 Å². The lowest BCUT2D eigenvalue weighted by Crippen LogP contribution is -2.56. The first kappa shape index (κ1) is 20.8. The van der Waals surface area contributed by atoms with Crippen LogP contribution in [0.15, 0.2) is 12.4 Å². The number of hydrogen-bond acceptors (Lipinski definition) is 5. The van der Waals surface area contributed by atoms with E-state index in [-0.39, 0.29) is 5.92 Å². The molecule has 2 atom stereocenters. The van der Waals surface area contributed by atoms with Crippen LogP contribution >= 0.6 is 0 Å². The van der Waals surface area contributed by atoms with E-state index in [0.717, 1.165) is 51.1 Å². The Balaban J connectivity index is 1.32. The second-order valence-corrected chi connectivity index (χ2v) is 10.2. The van der Waals surface area contributed by atoms with E-state index in [1.165, 1.54) is 18.4 Å². The lowest BCUT2D eigenvalue weighted by Gasteiger charge is -2.42. The smallest absolute Gasteiger partial charge is 0.225 e. The highest BCUT2D eigenvalue weighted by Gasteiger charge is 2.41. The van der Waals surface area contributed by atoms with Gasteiger partial charge in [0.1, 0.15) is 5.78 Å². The van der Waals surface area contributed by atoms with Gasteiger partial charge in [-0.2, -0.15) is 0 Å². The first-order valence-corrected chi connectivity index (χ1v) is 11.8. The predicted molar refractivity (Wildman–Crippen MR) is 117 cm³/mol. The van der Waals surface area contributed by atoms with E-state index in [9.17, 15) is 4.79 Å². The number of rotatable bonds is 6. The summed E-state index contributed by atoms with van der Waals surface area (Å²) in [5.74, 6) is 2.53. The molecule has 1 saturated carbocycles. The quantitative estimate of drug-likeness (QED) is 0.722. The van der Waals surface area contributed by atoms with Gasteiger partial charge in [-0.3, -0.25) is 9.69 Å². The average Bonchev–Trinajstić information content (AvgIpc) is 2.97. The molecule has 3 aliphatic rings. The van der Waals surface area contributed by atoms with Gasteiger partial charge in [0.2, 0.25) is 5.95 Å². The summed E-state index contributed by atoms with van der Waals surface area (Å²) in [7, 11) is 0. The predicted octanol–water partition coefficient (Wildman–Crippen LogP) is 4.11. The SMILES string of the molecule is CC(C)C(=O)[C@H]1CC[C@H](Cc2cnc(N3C4CCC3CN(C(C)C)C4)nc2)CC1. The van der Waals surface area contributed by atoms with Gasteiger partial charge in [0.25, 0.3) is 0 Å². The van der Waals surface area contributed by atoms with Crippen molar-refractivity contribution in [1.82, 2.24) is 14.9 Å². The Morgan fingerprint density at radius 2 is 1.55 bits per heavy atom. The van der Waals surface area contributed by atoms with Crippen LogP contribution in [0.1, 0.15) is 71.8 Å². The van der Waals surface area contributed by atoms with Crippen LogP contribution in [0.2, 0.25) is 0 Å². The van der Waals surface area contributed by atoms with Gasteiger partial charge in [-0.1, -0.05) is 13.8 Å². The summed E-state index contributed by atoms with van der Waals surface area (Å²) in [6.45, 7) is 10.9. The van der Waals surface area contributed by atoms with E-state index in [0.29, 0.717) is 35.7 Å². The molecular formula is C24H38N4O. The number of Topliss-reactive ketones (excluding diaryl/α,β-unsaturated/α-hetero) is 1. The second-order valence-electron chi connectivity index (χ2n) is 10.2. The van der Waals surface area contributed by atoms with Crippen molar-refractivity contribution in [1.29, 1.82) is 0 Å². The van der Waals surface area contributed by atoms with Crippen LogP contribution in [-0.2, 0) is 11.2 Å². The molecule has 2 aliphatic heterocycles. The molecule has 2 saturated heterocycles. The number of likely N-dealkylation sites (tertiary alicyclic amines) is 1. The zero-order valence-electron chi connectivity index (χ0n) is 18.7. The van der Waals surface area contributed by atoms with E-state index in [1.54, 1.807) is 0 Å². The summed E-state index contributed by atoms with van der Waals surface area (Å²) in [6.07, 6.45) is 12.1. The maximum Gasteiger partial charge on any atom is 0.225 e. The fraction of sp³-hybridized carbons (Fsp3) is 0.792. The molecule has 3 fully saturated rings. The Kier molecular flexibility index (Phi) is 6.24. The van der Waals surface area contributed by atoms with Gasteiger partial charge in [0.05, 0.1) is 0 Å². The molecule has 0 radical (unpaired) electrons. The summed E-state index contributed by atoms with van der Waals surface area (Å²) >= 11 is 0. The van der Waals surface area contributed by atoms with E-state index in [2.05, 4.69) is 36.0 Å². The minimum Gasteiger partial charge on any atom is -0.332 e. The monoisotopic (exact) mass is 398 g/mol. The maximum atomic E-state index is 12.2. The maximum absolute atomic E-state index is 12.2. The van der Waals surface area contributed by atoms with Crippen molar-refractivity contribution >= 4 is 11.7 Å². The molecular weight excluding hydrogens is 360 g/mol. The van der Waals surface area contributed by atoms with Crippen molar-refractivity contribution < 1.29 is 4.79 Å². The Labute approximate surface area is 176 Å². The molecule has 0 aromatic carbocycles. The first-order chi connectivity index (χ1) is 13.9. The van der Waals surface area contributed by atoms with Gasteiger partial charge in [-0.25, -0.2) is 9.97 Å². The largest absolute Gasteiger partial charge is 0.332 e. The van der Waals surface area contributed by atoms with Crippen molar-refractivity contribution in [2.75, 3.05) is 18.0 Å². The van der Waals surface area contributed by atoms with Gasteiger partial charge < -0.3 is 4.90 Å². The zero-order valence-corrected chi connectivity index (χ0v) is 18.7. The number of nitrogens with zero attached hydrogens (tertiary/aromatic N) is 4. The van der Waals surface area contributed by atoms with Gasteiger partial charge >= 0.3 is 0 Å². The van der Waals surface area contributed by atoms with Gasteiger partial charge in [-0.05, 0) is 70.3 Å². The van der Waals surface area contributed by atoms with Crippen molar-refractivity contribution in [3.63, 3.8) is 0 Å². The summed E-state index contributed by atoms with van der Waals surface area (Å²) < 4.78 is 0. The molecule has 1 aromatic heterocycles. The second kappa shape index (κ2) is 8.71. The van der Waals surface area contributed by atoms with E-state index in [4.69, 9.17) is 9.97 Å². The molecule has 4 rings (SSSR count). The summed E-state index contributed by atoms with van der Waals surface area (Å²) in [4.78, 5) is 26.9. The average molecular weight is 399 g/mol. The number of carbonyl (C=O) groups excluding carboxylic acids is 1. The number of carbonyl (C=O) groups is 1. The fourth-order valence-electron chi connectivity index (χ4n) is 5.73. The molecule has 2 unspecified atom stereocenters. The molecule has 0 N–H and O–H groups in total. The lowest BCUT2D eigenvalue weighted by atomic mass is 9.76. The Morgan fingerprint density at radius 1 is 0.966 bits per heavy atom. The van der Waals surface area contributed by atoms with Crippen molar-refractivity contribution in [2.24, 2.45) is 17.8 Å². The van der Waals surface area contributed by atoms with Gasteiger partial charge in [0.15, 0.2) is 0 Å². The molecule has 5 nitrogen and oxygen atoms in total. The van der Waals surface area contributed by atoms with Crippen molar-refractivity contribution in [2.45, 2.75) is 90.8 Å². The van der Waals surface area contributed by atoms with Crippen LogP contribution in [0.3, 0.4) is 0 Å². The molecule has 29 heavy (non-hydrogen) atoms. The molecule has 0 amide bonds. The van der Waals surface area contributed by atoms with E-state index in [1.807, 2.05) is 13.8 Å². The normalized spacial score (nSPS) is 30.3. The van der Waals surface area contributed by atoms with Crippen LogP contribution < -0.4 is 4.90 Å². The van der Waals surface area contributed by atoms with Crippen molar-refractivity contribution in [3.8, 4) is 0 Å². The van der Waals surface area contributed by atoms with Gasteiger partial charge in [-0.15, -0.1) is 0 Å². The number of aromatic nitrogens is 2. The van der Waals surface area contributed by atoms with Crippen molar-refractivity contribution in [3.05, 3.63) is 18.0 Å². The number of anilines is 1. The molecule has 2 bridgehead atoms.